The first kappa shape index (κ1) is 19.0. The van der Waals surface area contributed by atoms with Crippen LogP contribution in [-0.2, 0) is 14.6 Å². The fourth-order valence-corrected chi connectivity index (χ4v) is 3.15. The van der Waals surface area contributed by atoms with Gasteiger partial charge >= 0.3 is 5.51 Å². The SMILES string of the molecule is CN1CCC(Nc2ccc(S(=O)(=O)C(F)(F)F)cc2[N+](=O)[O-])CC1=O. The van der Waals surface area contributed by atoms with Crippen molar-refractivity contribution in [3.05, 3.63) is 28.3 Å². The first-order valence-electron chi connectivity index (χ1n) is 7.04. The number of hydrogen-bond acceptors (Lipinski definition) is 6. The minimum absolute atomic E-state index is 0.0657. The standard InChI is InChI=1S/C13H14F3N3O5S/c1-18-5-4-8(6-12(18)20)17-10-3-2-9(7-11(10)19(21)22)25(23,24)13(14,15)16/h2-3,7-8,17H,4-6H2,1H3. The lowest BCUT2D eigenvalue weighted by atomic mass is 10.0. The fourth-order valence-electron chi connectivity index (χ4n) is 2.37. The summed E-state index contributed by atoms with van der Waals surface area (Å²) in [5.74, 6) is -0.178. The molecule has 0 bridgehead atoms. The van der Waals surface area contributed by atoms with Gasteiger partial charge in [-0.05, 0) is 18.6 Å². The topological polar surface area (TPSA) is 110 Å². The molecule has 1 aromatic rings. The molecule has 0 spiro atoms. The predicted molar refractivity (Wildman–Crippen MR) is 80.6 cm³/mol. The lowest BCUT2D eigenvalue weighted by Crippen LogP contribution is -2.41. The van der Waals surface area contributed by atoms with Crippen LogP contribution in [0, 0.1) is 10.1 Å². The first-order chi connectivity index (χ1) is 11.4. The number of nitrogens with one attached hydrogen (secondary N) is 1. The second-order valence-electron chi connectivity index (χ2n) is 5.53. The van der Waals surface area contributed by atoms with Gasteiger partial charge < -0.3 is 10.2 Å². The molecule has 138 valence electrons. The number of nitrogens with zero attached hydrogens (tertiary/aromatic N) is 2. The van der Waals surface area contributed by atoms with Crippen LogP contribution in [0.2, 0.25) is 0 Å². The second kappa shape index (κ2) is 6.50. The summed E-state index contributed by atoms with van der Waals surface area (Å²) in [6.07, 6.45) is 0.554. The third-order valence-electron chi connectivity index (χ3n) is 3.80. The molecule has 8 nitrogen and oxygen atoms in total. The van der Waals surface area contributed by atoms with Crippen molar-refractivity contribution >= 4 is 27.1 Å². The van der Waals surface area contributed by atoms with E-state index in [2.05, 4.69) is 5.32 Å². The van der Waals surface area contributed by atoms with Gasteiger partial charge in [-0.1, -0.05) is 0 Å². The third-order valence-corrected chi connectivity index (χ3v) is 5.28. The number of amides is 1. The van der Waals surface area contributed by atoms with Crippen molar-refractivity contribution in [1.82, 2.24) is 4.90 Å². The number of nitro benzene ring substituents is 1. The Bertz CT molecular complexity index is 810. The molecule has 0 radical (unpaired) electrons. The molecule has 1 saturated heterocycles. The minimum atomic E-state index is -5.69. The molecule has 1 aromatic carbocycles. The summed E-state index contributed by atoms with van der Waals surface area (Å²) in [7, 11) is -4.08. The molecule has 0 aromatic heterocycles. The number of alkyl halides is 3. The van der Waals surface area contributed by atoms with Crippen molar-refractivity contribution in [3.63, 3.8) is 0 Å². The quantitative estimate of drug-likeness (QED) is 0.630. The van der Waals surface area contributed by atoms with Crippen LogP contribution in [0.1, 0.15) is 12.8 Å². The van der Waals surface area contributed by atoms with Crippen molar-refractivity contribution in [1.29, 1.82) is 0 Å². The average molecular weight is 381 g/mol. The fraction of sp³-hybridized carbons (Fsp3) is 0.462. The zero-order valence-electron chi connectivity index (χ0n) is 12.9. The van der Waals surface area contributed by atoms with E-state index in [0.717, 1.165) is 6.07 Å². The van der Waals surface area contributed by atoms with E-state index in [1.54, 1.807) is 7.05 Å². The predicted octanol–water partition coefficient (Wildman–Crippen LogP) is 1.92. The summed E-state index contributed by atoms with van der Waals surface area (Å²) in [6, 6.07) is 1.48. The maximum absolute atomic E-state index is 12.6. The van der Waals surface area contributed by atoms with Crippen molar-refractivity contribution in [3.8, 4) is 0 Å². The summed E-state index contributed by atoms with van der Waals surface area (Å²) >= 11 is 0. The number of nitro groups is 1. The molecular formula is C13H14F3N3O5S. The maximum Gasteiger partial charge on any atom is 0.501 e. The van der Waals surface area contributed by atoms with Crippen LogP contribution in [0.25, 0.3) is 0 Å². The van der Waals surface area contributed by atoms with Crippen molar-refractivity contribution in [2.24, 2.45) is 0 Å². The number of hydrogen-bond donors (Lipinski definition) is 1. The van der Waals surface area contributed by atoms with E-state index in [9.17, 15) is 36.5 Å². The van der Waals surface area contributed by atoms with Crippen LogP contribution in [0.4, 0.5) is 24.5 Å². The second-order valence-corrected chi connectivity index (χ2v) is 7.48. The Morgan fingerprint density at radius 1 is 1.36 bits per heavy atom. The van der Waals surface area contributed by atoms with Crippen molar-refractivity contribution < 1.29 is 31.3 Å². The van der Waals surface area contributed by atoms with E-state index in [-0.39, 0.29) is 18.0 Å². The van der Waals surface area contributed by atoms with Gasteiger partial charge in [0.1, 0.15) is 5.69 Å². The first-order valence-corrected chi connectivity index (χ1v) is 8.52. The molecule has 1 N–H and O–H groups in total. The van der Waals surface area contributed by atoms with Gasteiger partial charge in [-0.25, -0.2) is 8.42 Å². The molecule has 1 aliphatic rings. The summed E-state index contributed by atoms with van der Waals surface area (Å²) in [5.41, 5.74) is -6.51. The molecule has 0 aliphatic carbocycles. The highest BCUT2D eigenvalue weighted by molar-refractivity contribution is 7.92. The van der Waals surface area contributed by atoms with Gasteiger partial charge in [0.2, 0.25) is 5.91 Å². The summed E-state index contributed by atoms with van der Waals surface area (Å²) in [6.45, 7) is 0.421. The van der Waals surface area contributed by atoms with Gasteiger partial charge in [0, 0.05) is 32.1 Å². The number of sulfone groups is 1. The lowest BCUT2D eigenvalue weighted by Gasteiger charge is -2.29. The molecule has 1 atom stereocenters. The molecule has 1 aliphatic heterocycles. The molecule has 1 fully saturated rings. The number of carbonyl (C=O) groups is 1. The zero-order valence-corrected chi connectivity index (χ0v) is 13.7. The number of carbonyl (C=O) groups excluding carboxylic acids is 1. The van der Waals surface area contributed by atoms with E-state index in [1.807, 2.05) is 0 Å². The normalized spacial score (nSPS) is 19.0. The Morgan fingerprint density at radius 3 is 2.52 bits per heavy atom. The molecular weight excluding hydrogens is 367 g/mol. The smallest absolute Gasteiger partial charge is 0.376 e. The van der Waals surface area contributed by atoms with E-state index in [0.29, 0.717) is 25.1 Å². The van der Waals surface area contributed by atoms with Crippen LogP contribution >= 0.6 is 0 Å². The lowest BCUT2D eigenvalue weighted by molar-refractivity contribution is -0.384. The maximum atomic E-state index is 12.6. The number of likely N-dealkylation sites (tertiary alicyclic amines) is 1. The molecule has 0 saturated carbocycles. The summed E-state index contributed by atoms with van der Waals surface area (Å²) in [4.78, 5) is 22.1. The Hall–Kier alpha value is -2.37. The Morgan fingerprint density at radius 2 is 2.00 bits per heavy atom. The minimum Gasteiger partial charge on any atom is -0.376 e. The van der Waals surface area contributed by atoms with Crippen LogP contribution in [0.15, 0.2) is 23.1 Å². The molecule has 1 unspecified atom stereocenters. The van der Waals surface area contributed by atoms with Crippen LogP contribution < -0.4 is 5.32 Å². The summed E-state index contributed by atoms with van der Waals surface area (Å²) in [5, 5.41) is 13.9. The zero-order chi connectivity index (χ0) is 19.0. The van der Waals surface area contributed by atoms with E-state index < -0.39 is 36.9 Å². The van der Waals surface area contributed by atoms with Gasteiger partial charge in [0.25, 0.3) is 15.5 Å². The molecule has 25 heavy (non-hydrogen) atoms. The van der Waals surface area contributed by atoms with Gasteiger partial charge in [-0.2, -0.15) is 13.2 Å². The highest BCUT2D eigenvalue weighted by atomic mass is 32.2. The largest absolute Gasteiger partial charge is 0.501 e. The van der Waals surface area contributed by atoms with Gasteiger partial charge in [-0.15, -0.1) is 0 Å². The van der Waals surface area contributed by atoms with Crippen molar-refractivity contribution in [2.45, 2.75) is 29.3 Å². The Labute approximate surface area is 140 Å². The Balaban J connectivity index is 2.35. The van der Waals surface area contributed by atoms with Gasteiger partial charge in [0.05, 0.1) is 9.82 Å². The van der Waals surface area contributed by atoms with E-state index in [4.69, 9.17) is 0 Å². The average Bonchev–Trinajstić information content (AvgIpc) is 2.50. The van der Waals surface area contributed by atoms with Crippen LogP contribution in [0.3, 0.4) is 0 Å². The summed E-state index contributed by atoms with van der Waals surface area (Å²) < 4.78 is 60.5. The van der Waals surface area contributed by atoms with E-state index >= 15 is 0 Å². The Kier molecular flexibility index (Phi) is 4.93. The number of piperidine rings is 1. The monoisotopic (exact) mass is 381 g/mol. The molecule has 2 rings (SSSR count). The number of halogens is 3. The third kappa shape index (κ3) is 3.83. The number of benzene rings is 1. The van der Waals surface area contributed by atoms with Crippen molar-refractivity contribution in [2.75, 3.05) is 18.9 Å². The van der Waals surface area contributed by atoms with Gasteiger partial charge in [0.15, 0.2) is 0 Å². The molecule has 1 amide bonds. The number of anilines is 1. The van der Waals surface area contributed by atoms with Crippen LogP contribution in [0.5, 0.6) is 0 Å². The highest BCUT2D eigenvalue weighted by Crippen LogP contribution is 2.35. The van der Waals surface area contributed by atoms with Gasteiger partial charge in [-0.3, -0.25) is 14.9 Å². The number of rotatable bonds is 4. The van der Waals surface area contributed by atoms with Crippen LogP contribution in [-0.4, -0.2) is 49.3 Å². The molecule has 12 heteroatoms. The molecule has 1 heterocycles. The van der Waals surface area contributed by atoms with E-state index in [1.165, 1.54) is 4.90 Å². The highest BCUT2D eigenvalue weighted by Gasteiger charge is 2.47.